The molecule has 2 rings (SSSR count). The summed E-state index contributed by atoms with van der Waals surface area (Å²) in [7, 11) is 1.84. The van der Waals surface area contributed by atoms with E-state index in [2.05, 4.69) is 30.7 Å². The zero-order valence-corrected chi connectivity index (χ0v) is 8.47. The van der Waals surface area contributed by atoms with Crippen LogP contribution in [0.3, 0.4) is 0 Å². The monoisotopic (exact) mass is 202 g/mol. The molecule has 0 saturated heterocycles. The van der Waals surface area contributed by atoms with Gasteiger partial charge in [0.25, 0.3) is 0 Å². The summed E-state index contributed by atoms with van der Waals surface area (Å²) < 4.78 is 0. The molecule has 6 heteroatoms. The highest BCUT2D eigenvalue weighted by Gasteiger charge is 2.03. The van der Waals surface area contributed by atoms with Gasteiger partial charge in [-0.2, -0.15) is 0 Å². The first-order valence-corrected chi connectivity index (χ1v) is 4.48. The summed E-state index contributed by atoms with van der Waals surface area (Å²) in [5.74, 6) is 0.980. The third kappa shape index (κ3) is 2.04. The predicted molar refractivity (Wildman–Crippen MR) is 55.1 cm³/mol. The Morgan fingerprint density at radius 2 is 1.80 bits per heavy atom. The fourth-order valence-corrected chi connectivity index (χ4v) is 1.06. The number of hydrogen-bond acceptors (Lipinski definition) is 6. The number of aromatic nitrogens is 5. The molecule has 0 atom stereocenters. The number of aryl methyl sites for hydroxylation is 1. The molecule has 0 fully saturated rings. The molecule has 0 amide bonds. The maximum Gasteiger partial charge on any atom is 0.221 e. The third-order valence-corrected chi connectivity index (χ3v) is 1.86. The lowest BCUT2D eigenvalue weighted by Gasteiger charge is -2.00. The van der Waals surface area contributed by atoms with Crippen molar-refractivity contribution in [2.24, 2.45) is 0 Å². The number of nitrogens with one attached hydrogen (secondary N) is 1. The molecule has 76 valence electrons. The van der Waals surface area contributed by atoms with Crippen molar-refractivity contribution in [1.29, 1.82) is 0 Å². The highest BCUT2D eigenvalue weighted by atomic mass is 15.3. The van der Waals surface area contributed by atoms with Gasteiger partial charge in [0, 0.05) is 7.05 Å². The lowest BCUT2D eigenvalue weighted by Crippen LogP contribution is -2.00. The highest BCUT2D eigenvalue weighted by molar-refractivity contribution is 5.52. The van der Waals surface area contributed by atoms with E-state index in [0.29, 0.717) is 17.3 Å². The van der Waals surface area contributed by atoms with Crippen LogP contribution >= 0.6 is 0 Å². The van der Waals surface area contributed by atoms with Crippen LogP contribution in [-0.4, -0.2) is 32.4 Å². The van der Waals surface area contributed by atoms with Gasteiger partial charge in [-0.15, -0.1) is 20.4 Å². The summed E-state index contributed by atoms with van der Waals surface area (Å²) in [5, 5.41) is 18.4. The first kappa shape index (κ1) is 9.45. The lowest BCUT2D eigenvalue weighted by atomic mass is 10.3. The Bertz CT molecular complexity index is 435. The number of nitrogens with zero attached hydrogens (tertiary/aromatic N) is 5. The van der Waals surface area contributed by atoms with Gasteiger partial charge in [-0.25, -0.2) is 0 Å². The molecule has 0 aliphatic carbocycles. The maximum atomic E-state index is 4.18. The highest BCUT2D eigenvalue weighted by Crippen LogP contribution is 2.12. The van der Waals surface area contributed by atoms with Gasteiger partial charge in [0.2, 0.25) is 5.82 Å². The smallest absolute Gasteiger partial charge is 0.221 e. The van der Waals surface area contributed by atoms with Crippen LogP contribution < -0.4 is 5.32 Å². The van der Waals surface area contributed by atoms with E-state index >= 15 is 0 Å². The van der Waals surface area contributed by atoms with Crippen molar-refractivity contribution < 1.29 is 0 Å². The van der Waals surface area contributed by atoms with Gasteiger partial charge < -0.3 is 5.32 Å². The average Bonchev–Trinajstić information content (AvgIpc) is 2.30. The second kappa shape index (κ2) is 3.95. The number of pyridine rings is 1. The Hall–Kier alpha value is -2.11. The fraction of sp³-hybridized carbons (Fsp3) is 0.222. The quantitative estimate of drug-likeness (QED) is 0.771. The molecular formula is C9H10N6. The Morgan fingerprint density at radius 1 is 1.07 bits per heavy atom. The zero-order valence-electron chi connectivity index (χ0n) is 8.47. The molecule has 2 heterocycles. The Balaban J connectivity index is 2.33. The van der Waals surface area contributed by atoms with E-state index in [-0.39, 0.29) is 0 Å². The molecule has 15 heavy (non-hydrogen) atoms. The normalized spacial score (nSPS) is 10.0. The molecule has 1 N–H and O–H groups in total. The minimum Gasteiger partial charge on any atom is -0.387 e. The summed E-state index contributed by atoms with van der Waals surface area (Å²) in [4.78, 5) is 4.18. The first-order valence-electron chi connectivity index (χ1n) is 4.48. The van der Waals surface area contributed by atoms with Gasteiger partial charge in [-0.1, -0.05) is 0 Å². The molecule has 0 radical (unpaired) electrons. The molecule has 0 aliphatic heterocycles. The van der Waals surface area contributed by atoms with E-state index in [4.69, 9.17) is 0 Å². The van der Waals surface area contributed by atoms with Gasteiger partial charge in [-0.3, -0.25) is 4.98 Å². The van der Waals surface area contributed by atoms with Crippen molar-refractivity contribution in [3.05, 3.63) is 24.2 Å². The summed E-state index contributed by atoms with van der Waals surface area (Å²) >= 11 is 0. The van der Waals surface area contributed by atoms with Crippen molar-refractivity contribution in [3.63, 3.8) is 0 Å². The largest absolute Gasteiger partial charge is 0.387 e. The molecule has 2 aromatic heterocycles. The van der Waals surface area contributed by atoms with E-state index in [9.17, 15) is 0 Å². The van der Waals surface area contributed by atoms with Crippen LogP contribution in [-0.2, 0) is 0 Å². The molecule has 0 bridgehead atoms. The van der Waals surface area contributed by atoms with Crippen LogP contribution in [0, 0.1) is 6.92 Å². The Morgan fingerprint density at radius 3 is 2.33 bits per heavy atom. The van der Waals surface area contributed by atoms with E-state index in [1.54, 1.807) is 13.1 Å². The molecule has 0 saturated carbocycles. The van der Waals surface area contributed by atoms with E-state index in [0.717, 1.165) is 5.69 Å². The van der Waals surface area contributed by atoms with Crippen LogP contribution in [0.15, 0.2) is 18.3 Å². The van der Waals surface area contributed by atoms with Gasteiger partial charge >= 0.3 is 0 Å². The number of rotatable bonds is 2. The minimum absolute atomic E-state index is 0.434. The second-order valence-electron chi connectivity index (χ2n) is 2.95. The van der Waals surface area contributed by atoms with Crippen LogP contribution in [0.4, 0.5) is 5.69 Å². The fourth-order valence-electron chi connectivity index (χ4n) is 1.06. The lowest BCUT2D eigenvalue weighted by molar-refractivity contribution is 0.812. The Kier molecular flexibility index (Phi) is 2.49. The SMILES string of the molecule is CNc1ccc(-c2nnc(C)nn2)nc1. The van der Waals surface area contributed by atoms with Crippen LogP contribution in [0.2, 0.25) is 0 Å². The molecule has 2 aromatic rings. The molecule has 0 unspecified atom stereocenters. The van der Waals surface area contributed by atoms with E-state index in [1.807, 2.05) is 19.2 Å². The van der Waals surface area contributed by atoms with Crippen molar-refractivity contribution >= 4 is 5.69 Å². The molecule has 0 aliphatic rings. The van der Waals surface area contributed by atoms with E-state index < -0.39 is 0 Å². The van der Waals surface area contributed by atoms with Crippen LogP contribution in [0.1, 0.15) is 5.82 Å². The topological polar surface area (TPSA) is 76.5 Å². The minimum atomic E-state index is 0.434. The van der Waals surface area contributed by atoms with Crippen molar-refractivity contribution in [1.82, 2.24) is 25.4 Å². The molecule has 0 spiro atoms. The number of anilines is 1. The maximum absolute atomic E-state index is 4.18. The Labute approximate surface area is 86.8 Å². The van der Waals surface area contributed by atoms with Gasteiger partial charge in [0.05, 0.1) is 11.9 Å². The summed E-state index contributed by atoms with van der Waals surface area (Å²) in [5.41, 5.74) is 1.60. The van der Waals surface area contributed by atoms with E-state index in [1.165, 1.54) is 0 Å². The second-order valence-corrected chi connectivity index (χ2v) is 2.95. The zero-order chi connectivity index (χ0) is 10.7. The van der Waals surface area contributed by atoms with Gasteiger partial charge in [0.15, 0.2) is 5.82 Å². The van der Waals surface area contributed by atoms with Crippen LogP contribution in [0.5, 0.6) is 0 Å². The summed E-state index contributed by atoms with van der Waals surface area (Å²) in [6, 6.07) is 3.71. The number of hydrogen-bond donors (Lipinski definition) is 1. The van der Waals surface area contributed by atoms with Crippen molar-refractivity contribution in [3.8, 4) is 11.5 Å². The van der Waals surface area contributed by atoms with Crippen LogP contribution in [0.25, 0.3) is 11.5 Å². The predicted octanol–water partition coefficient (Wildman–Crippen LogP) is 0.679. The van der Waals surface area contributed by atoms with Crippen molar-refractivity contribution in [2.75, 3.05) is 12.4 Å². The summed E-state index contributed by atoms with van der Waals surface area (Å²) in [6.45, 7) is 1.74. The molecule has 6 nitrogen and oxygen atoms in total. The van der Waals surface area contributed by atoms with Crippen molar-refractivity contribution in [2.45, 2.75) is 6.92 Å². The van der Waals surface area contributed by atoms with Gasteiger partial charge in [0.1, 0.15) is 5.69 Å². The average molecular weight is 202 g/mol. The van der Waals surface area contributed by atoms with Gasteiger partial charge in [-0.05, 0) is 19.1 Å². The third-order valence-electron chi connectivity index (χ3n) is 1.86. The molecule has 0 aromatic carbocycles. The first-order chi connectivity index (χ1) is 7.29. The molecular weight excluding hydrogens is 192 g/mol. The standard InChI is InChI=1S/C9H10N6/c1-6-12-14-9(15-13-6)8-4-3-7(10-2)5-11-8/h3-5,10H,1-2H3. The summed E-state index contributed by atoms with van der Waals surface area (Å²) in [6.07, 6.45) is 1.71.